The first-order valence-corrected chi connectivity index (χ1v) is 6.70. The van der Waals surface area contributed by atoms with Crippen LogP contribution >= 0.6 is 0 Å². The predicted molar refractivity (Wildman–Crippen MR) is 83.2 cm³/mol. The lowest BCUT2D eigenvalue weighted by molar-refractivity contribution is 0.284. The largest absolute Gasteiger partial charge is 0.497 e. The summed E-state index contributed by atoms with van der Waals surface area (Å²) in [5.41, 5.74) is 10.3. The van der Waals surface area contributed by atoms with Crippen LogP contribution in [0.2, 0.25) is 0 Å². The van der Waals surface area contributed by atoms with Gasteiger partial charge in [-0.05, 0) is 40.9 Å². The number of ether oxygens (including phenoxy) is 3. The molecule has 0 aliphatic carbocycles. The molecule has 0 N–H and O–H groups in total. The second-order valence-corrected chi connectivity index (χ2v) is 4.51. The molecule has 0 atom stereocenters. The summed E-state index contributed by atoms with van der Waals surface area (Å²) in [5, 5.41) is 3.55. The van der Waals surface area contributed by atoms with Gasteiger partial charge in [-0.3, -0.25) is 0 Å². The van der Waals surface area contributed by atoms with Gasteiger partial charge in [-0.1, -0.05) is 23.3 Å². The van der Waals surface area contributed by atoms with Gasteiger partial charge in [0, 0.05) is 4.91 Å². The average molecular weight is 299 g/mol. The standard InChI is InChI=1S/C16H17N3O3/c1-20-14-6-3-12(4-7-14)11-22-16-9-13(10-18-19-17)5-8-15(16)21-2/h3-9H,10-11H2,1-2H3. The Hall–Kier alpha value is -2.85. The lowest BCUT2D eigenvalue weighted by Crippen LogP contribution is -1.98. The molecule has 2 aromatic rings. The van der Waals surface area contributed by atoms with Crippen molar-refractivity contribution in [2.75, 3.05) is 14.2 Å². The minimum atomic E-state index is 0.277. The Bertz CT molecular complexity index is 665. The van der Waals surface area contributed by atoms with Crippen molar-refractivity contribution in [3.05, 3.63) is 64.0 Å². The van der Waals surface area contributed by atoms with Gasteiger partial charge in [0.2, 0.25) is 0 Å². The maximum Gasteiger partial charge on any atom is 0.161 e. The monoisotopic (exact) mass is 299 g/mol. The Kier molecular flexibility index (Phi) is 5.51. The van der Waals surface area contributed by atoms with Crippen molar-refractivity contribution in [1.29, 1.82) is 0 Å². The normalized spacial score (nSPS) is 9.73. The second-order valence-electron chi connectivity index (χ2n) is 4.51. The number of hydrogen-bond acceptors (Lipinski definition) is 4. The van der Waals surface area contributed by atoms with E-state index < -0.39 is 0 Å². The van der Waals surface area contributed by atoms with Crippen LogP contribution in [0.15, 0.2) is 47.6 Å². The van der Waals surface area contributed by atoms with E-state index in [0.29, 0.717) is 18.1 Å². The zero-order valence-corrected chi connectivity index (χ0v) is 12.5. The zero-order valence-electron chi connectivity index (χ0n) is 12.5. The van der Waals surface area contributed by atoms with Gasteiger partial charge in [-0.2, -0.15) is 0 Å². The molecule has 0 bridgehead atoms. The number of rotatable bonds is 7. The summed E-state index contributed by atoms with van der Waals surface area (Å²) in [7, 11) is 3.22. The quantitative estimate of drug-likeness (QED) is 0.439. The maximum absolute atomic E-state index is 8.38. The molecule has 2 rings (SSSR count). The molecule has 0 unspecified atom stereocenters. The zero-order chi connectivity index (χ0) is 15.8. The third-order valence-corrected chi connectivity index (χ3v) is 3.10. The van der Waals surface area contributed by atoms with Gasteiger partial charge in [0.15, 0.2) is 11.5 Å². The van der Waals surface area contributed by atoms with E-state index in [-0.39, 0.29) is 6.54 Å². The van der Waals surface area contributed by atoms with Crippen LogP contribution in [0, 0.1) is 0 Å². The van der Waals surface area contributed by atoms with Crippen LogP contribution in [0.3, 0.4) is 0 Å². The highest BCUT2D eigenvalue weighted by Crippen LogP contribution is 2.29. The van der Waals surface area contributed by atoms with E-state index in [2.05, 4.69) is 10.0 Å². The van der Waals surface area contributed by atoms with Crippen molar-refractivity contribution in [2.24, 2.45) is 5.11 Å². The molecule has 0 radical (unpaired) electrons. The fraction of sp³-hybridized carbons (Fsp3) is 0.250. The maximum atomic E-state index is 8.38. The molecule has 0 saturated heterocycles. The summed E-state index contributed by atoms with van der Waals surface area (Å²) in [4.78, 5) is 2.75. The van der Waals surface area contributed by atoms with Gasteiger partial charge in [-0.15, -0.1) is 0 Å². The molecule has 0 fully saturated rings. The van der Waals surface area contributed by atoms with E-state index in [0.717, 1.165) is 16.9 Å². The van der Waals surface area contributed by atoms with Crippen molar-refractivity contribution < 1.29 is 14.2 Å². The van der Waals surface area contributed by atoms with Crippen molar-refractivity contribution in [3.63, 3.8) is 0 Å². The highest BCUT2D eigenvalue weighted by atomic mass is 16.5. The van der Waals surface area contributed by atoms with Gasteiger partial charge in [0.25, 0.3) is 0 Å². The van der Waals surface area contributed by atoms with Crippen LogP contribution < -0.4 is 14.2 Å². The molecular weight excluding hydrogens is 282 g/mol. The smallest absolute Gasteiger partial charge is 0.161 e. The molecule has 0 aliphatic rings. The molecule has 0 aromatic heterocycles. The first kappa shape index (κ1) is 15.5. The lowest BCUT2D eigenvalue weighted by Gasteiger charge is -2.12. The number of hydrogen-bond donors (Lipinski definition) is 0. The first-order valence-electron chi connectivity index (χ1n) is 6.70. The van der Waals surface area contributed by atoms with Crippen LogP contribution in [0.5, 0.6) is 17.2 Å². The molecule has 2 aromatic carbocycles. The third kappa shape index (κ3) is 4.07. The lowest BCUT2D eigenvalue weighted by atomic mass is 10.2. The second kappa shape index (κ2) is 7.81. The summed E-state index contributed by atoms with van der Waals surface area (Å²) in [6, 6.07) is 13.1. The fourth-order valence-electron chi connectivity index (χ4n) is 1.93. The highest BCUT2D eigenvalue weighted by molar-refractivity contribution is 5.43. The van der Waals surface area contributed by atoms with Crippen LogP contribution in [0.1, 0.15) is 11.1 Å². The topological polar surface area (TPSA) is 76.5 Å². The van der Waals surface area contributed by atoms with Crippen LogP contribution in [0.4, 0.5) is 0 Å². The van der Waals surface area contributed by atoms with E-state index in [1.807, 2.05) is 36.4 Å². The molecule has 6 heteroatoms. The molecule has 0 amide bonds. The molecule has 0 aliphatic heterocycles. The van der Waals surface area contributed by atoms with Crippen molar-refractivity contribution in [3.8, 4) is 17.2 Å². The molecule has 0 saturated carbocycles. The minimum Gasteiger partial charge on any atom is -0.497 e. The number of azide groups is 1. The number of methoxy groups -OCH3 is 2. The van der Waals surface area contributed by atoms with Gasteiger partial charge >= 0.3 is 0 Å². The fourth-order valence-corrected chi connectivity index (χ4v) is 1.93. The van der Waals surface area contributed by atoms with E-state index in [1.165, 1.54) is 0 Å². The van der Waals surface area contributed by atoms with Gasteiger partial charge in [0.05, 0.1) is 20.8 Å². The van der Waals surface area contributed by atoms with Crippen molar-refractivity contribution in [1.82, 2.24) is 0 Å². The molecule has 22 heavy (non-hydrogen) atoms. The van der Waals surface area contributed by atoms with Crippen molar-refractivity contribution >= 4 is 0 Å². The van der Waals surface area contributed by atoms with Gasteiger partial charge < -0.3 is 14.2 Å². The van der Waals surface area contributed by atoms with Crippen LogP contribution in [-0.2, 0) is 13.2 Å². The SMILES string of the molecule is COc1ccc(COc2cc(CN=[N+]=[N-])ccc2OC)cc1. The molecular formula is C16H17N3O3. The Labute approximate surface area is 128 Å². The summed E-state index contributed by atoms with van der Waals surface area (Å²) in [5.74, 6) is 2.06. The van der Waals surface area contributed by atoms with Crippen LogP contribution in [-0.4, -0.2) is 14.2 Å². The molecule has 114 valence electrons. The average Bonchev–Trinajstić information content (AvgIpc) is 2.58. The highest BCUT2D eigenvalue weighted by Gasteiger charge is 2.06. The van der Waals surface area contributed by atoms with E-state index >= 15 is 0 Å². The van der Waals surface area contributed by atoms with Gasteiger partial charge in [0.1, 0.15) is 12.4 Å². The Balaban J connectivity index is 2.10. The van der Waals surface area contributed by atoms with Crippen LogP contribution in [0.25, 0.3) is 10.4 Å². The van der Waals surface area contributed by atoms with E-state index in [4.69, 9.17) is 19.7 Å². The minimum absolute atomic E-state index is 0.277. The summed E-state index contributed by atoms with van der Waals surface area (Å²) in [6.07, 6.45) is 0. The molecule has 6 nitrogen and oxygen atoms in total. The van der Waals surface area contributed by atoms with E-state index in [1.54, 1.807) is 20.3 Å². The number of benzene rings is 2. The molecule has 0 spiro atoms. The summed E-state index contributed by atoms with van der Waals surface area (Å²) < 4.78 is 16.2. The Morgan fingerprint density at radius 1 is 0.955 bits per heavy atom. The molecule has 0 heterocycles. The van der Waals surface area contributed by atoms with Crippen molar-refractivity contribution in [2.45, 2.75) is 13.2 Å². The Morgan fingerprint density at radius 2 is 1.68 bits per heavy atom. The number of nitrogens with zero attached hydrogens (tertiary/aromatic N) is 3. The predicted octanol–water partition coefficient (Wildman–Crippen LogP) is 4.09. The third-order valence-electron chi connectivity index (χ3n) is 3.10. The van der Waals surface area contributed by atoms with E-state index in [9.17, 15) is 0 Å². The summed E-state index contributed by atoms with van der Waals surface area (Å²) >= 11 is 0. The first-order chi connectivity index (χ1) is 10.8. The summed E-state index contributed by atoms with van der Waals surface area (Å²) in [6.45, 7) is 0.685. The Morgan fingerprint density at radius 3 is 2.32 bits per heavy atom. The van der Waals surface area contributed by atoms with Gasteiger partial charge in [-0.25, -0.2) is 0 Å².